The highest BCUT2D eigenvalue weighted by Gasteiger charge is 2.55. The van der Waals surface area contributed by atoms with Gasteiger partial charge in [-0.1, -0.05) is 18.2 Å². The molecule has 0 bridgehead atoms. The van der Waals surface area contributed by atoms with E-state index < -0.39 is 11.4 Å². The van der Waals surface area contributed by atoms with E-state index in [9.17, 15) is 14.7 Å². The molecule has 0 saturated carbocycles. The fourth-order valence-electron chi connectivity index (χ4n) is 4.17. The molecule has 1 saturated heterocycles. The van der Waals surface area contributed by atoms with Gasteiger partial charge in [-0.05, 0) is 30.5 Å². The maximum absolute atomic E-state index is 12.7. The van der Waals surface area contributed by atoms with Crippen LogP contribution in [0.4, 0.5) is 0 Å². The second-order valence-corrected chi connectivity index (χ2v) is 7.56. The van der Waals surface area contributed by atoms with Crippen molar-refractivity contribution < 1.29 is 19.4 Å². The summed E-state index contributed by atoms with van der Waals surface area (Å²) in [4.78, 5) is 26.7. The summed E-state index contributed by atoms with van der Waals surface area (Å²) < 4.78 is 7.63. The predicted molar refractivity (Wildman–Crippen MR) is 97.4 cm³/mol. The van der Waals surface area contributed by atoms with Gasteiger partial charge in [0.25, 0.3) is 0 Å². The lowest BCUT2D eigenvalue weighted by Gasteiger charge is -2.27. The number of aryl methyl sites for hydroxylation is 2. The smallest absolute Gasteiger partial charge is 0.312 e. The van der Waals surface area contributed by atoms with Gasteiger partial charge in [0.2, 0.25) is 5.91 Å². The first-order valence-electron chi connectivity index (χ1n) is 9.19. The minimum Gasteiger partial charge on any atom is -0.493 e. The molecule has 2 aliphatic rings. The third-order valence-electron chi connectivity index (χ3n) is 5.71. The fourth-order valence-corrected chi connectivity index (χ4v) is 4.17. The van der Waals surface area contributed by atoms with Crippen molar-refractivity contribution in [3.8, 4) is 5.75 Å². The van der Waals surface area contributed by atoms with E-state index in [1.807, 2.05) is 37.4 Å². The van der Waals surface area contributed by atoms with Gasteiger partial charge in [-0.25, -0.2) is 0 Å². The van der Waals surface area contributed by atoms with E-state index in [2.05, 4.69) is 5.10 Å². The minimum absolute atomic E-state index is 0.0369. The standard InChI is InChI=1S/C20H23N3O4/c1-14-9-21-23(10-14)7-6-18(24)22-11-16-12-27-17-5-3-2-4-15(17)8-20(16,13-22)19(25)26/h2-5,9-10,16H,6-8,11-13H2,1H3,(H,25,26). The summed E-state index contributed by atoms with van der Waals surface area (Å²) in [6.07, 6.45) is 4.34. The number of amides is 1. The monoisotopic (exact) mass is 369 g/mol. The molecule has 0 aliphatic carbocycles. The van der Waals surface area contributed by atoms with Crippen molar-refractivity contribution in [3.63, 3.8) is 0 Å². The van der Waals surface area contributed by atoms with E-state index in [0.29, 0.717) is 32.5 Å². The first-order chi connectivity index (χ1) is 13.0. The summed E-state index contributed by atoms with van der Waals surface area (Å²) in [6, 6.07) is 7.57. The van der Waals surface area contributed by atoms with Gasteiger partial charge in [0, 0.05) is 38.2 Å². The Kier molecular flexibility index (Phi) is 4.37. The van der Waals surface area contributed by atoms with Gasteiger partial charge in [-0.3, -0.25) is 14.3 Å². The molecule has 27 heavy (non-hydrogen) atoms. The van der Waals surface area contributed by atoms with Crippen molar-refractivity contribution in [2.45, 2.75) is 26.3 Å². The molecule has 2 atom stereocenters. The average Bonchev–Trinajstić information content (AvgIpc) is 3.19. The molecule has 1 amide bonds. The Morgan fingerprint density at radius 1 is 1.37 bits per heavy atom. The van der Waals surface area contributed by atoms with Gasteiger partial charge in [0.15, 0.2) is 0 Å². The van der Waals surface area contributed by atoms with Crippen LogP contribution in [-0.4, -0.2) is 51.4 Å². The fraction of sp³-hybridized carbons (Fsp3) is 0.450. The number of likely N-dealkylation sites (tertiary alicyclic amines) is 1. The Morgan fingerprint density at radius 3 is 2.93 bits per heavy atom. The Balaban J connectivity index is 1.51. The van der Waals surface area contributed by atoms with E-state index in [1.165, 1.54) is 0 Å². The Bertz CT molecular complexity index is 878. The highest BCUT2D eigenvalue weighted by molar-refractivity contribution is 5.81. The van der Waals surface area contributed by atoms with Crippen LogP contribution in [0, 0.1) is 18.3 Å². The van der Waals surface area contributed by atoms with Crippen molar-refractivity contribution >= 4 is 11.9 Å². The van der Waals surface area contributed by atoms with Crippen LogP contribution in [0.2, 0.25) is 0 Å². The number of ether oxygens (including phenoxy) is 1. The molecule has 7 nitrogen and oxygen atoms in total. The lowest BCUT2D eigenvalue weighted by atomic mass is 9.74. The molecule has 142 valence electrons. The normalized spacial score (nSPS) is 23.9. The van der Waals surface area contributed by atoms with Gasteiger partial charge in [-0.2, -0.15) is 5.10 Å². The molecule has 2 aliphatic heterocycles. The zero-order valence-electron chi connectivity index (χ0n) is 15.3. The summed E-state index contributed by atoms with van der Waals surface area (Å²) in [6.45, 7) is 3.39. The van der Waals surface area contributed by atoms with E-state index in [0.717, 1.165) is 16.9 Å². The molecule has 1 N–H and O–H groups in total. The van der Waals surface area contributed by atoms with Gasteiger partial charge in [0.1, 0.15) is 5.75 Å². The molecule has 2 aromatic rings. The number of carbonyl (C=O) groups is 2. The number of rotatable bonds is 4. The lowest BCUT2D eigenvalue weighted by Crippen LogP contribution is -2.42. The third-order valence-corrected chi connectivity index (χ3v) is 5.71. The van der Waals surface area contributed by atoms with Crippen LogP contribution in [0.1, 0.15) is 17.5 Å². The van der Waals surface area contributed by atoms with E-state index in [1.54, 1.807) is 15.8 Å². The molecule has 1 aromatic heterocycles. The zero-order valence-corrected chi connectivity index (χ0v) is 15.3. The number of fused-ring (bicyclic) bond motifs is 2. The maximum atomic E-state index is 12.7. The summed E-state index contributed by atoms with van der Waals surface area (Å²) in [5.74, 6) is -0.367. The van der Waals surface area contributed by atoms with E-state index in [4.69, 9.17) is 4.74 Å². The molecule has 1 fully saturated rings. The van der Waals surface area contributed by atoms with Crippen LogP contribution < -0.4 is 4.74 Å². The van der Waals surface area contributed by atoms with Crippen LogP contribution in [0.3, 0.4) is 0 Å². The number of carbonyl (C=O) groups excluding carboxylic acids is 1. The molecular formula is C20H23N3O4. The van der Waals surface area contributed by atoms with Crippen molar-refractivity contribution in [1.82, 2.24) is 14.7 Å². The zero-order chi connectivity index (χ0) is 19.0. The number of benzene rings is 1. The van der Waals surface area contributed by atoms with Crippen LogP contribution >= 0.6 is 0 Å². The predicted octanol–water partition coefficient (Wildman–Crippen LogP) is 1.75. The summed E-state index contributed by atoms with van der Waals surface area (Å²) in [5, 5.41) is 14.3. The molecule has 0 radical (unpaired) electrons. The second-order valence-electron chi connectivity index (χ2n) is 7.56. The highest BCUT2D eigenvalue weighted by Crippen LogP contribution is 2.44. The van der Waals surface area contributed by atoms with Gasteiger partial charge in [0.05, 0.1) is 18.2 Å². The van der Waals surface area contributed by atoms with E-state index >= 15 is 0 Å². The molecule has 4 rings (SSSR count). The average molecular weight is 369 g/mol. The van der Waals surface area contributed by atoms with Crippen molar-refractivity contribution in [1.29, 1.82) is 0 Å². The van der Waals surface area contributed by atoms with Gasteiger partial charge in [-0.15, -0.1) is 0 Å². The number of carboxylic acid groups (broad SMARTS) is 1. The number of aliphatic carboxylic acids is 1. The Hall–Kier alpha value is -2.83. The summed E-state index contributed by atoms with van der Waals surface area (Å²) in [7, 11) is 0. The lowest BCUT2D eigenvalue weighted by molar-refractivity contribution is -0.151. The maximum Gasteiger partial charge on any atom is 0.312 e. The minimum atomic E-state index is -0.995. The Labute approximate surface area is 157 Å². The van der Waals surface area contributed by atoms with Crippen LogP contribution in [0.15, 0.2) is 36.7 Å². The molecule has 1 aromatic carbocycles. The van der Waals surface area contributed by atoms with Gasteiger partial charge < -0.3 is 14.7 Å². The first kappa shape index (κ1) is 17.6. The largest absolute Gasteiger partial charge is 0.493 e. The first-order valence-corrected chi connectivity index (χ1v) is 9.19. The number of hydrogen-bond donors (Lipinski definition) is 1. The van der Waals surface area contributed by atoms with Crippen LogP contribution in [-0.2, 0) is 22.6 Å². The Morgan fingerprint density at radius 2 is 2.19 bits per heavy atom. The highest BCUT2D eigenvalue weighted by atomic mass is 16.5. The molecule has 3 heterocycles. The van der Waals surface area contributed by atoms with Crippen molar-refractivity contribution in [2.24, 2.45) is 11.3 Å². The number of carboxylic acids is 1. The van der Waals surface area contributed by atoms with Gasteiger partial charge >= 0.3 is 5.97 Å². The second kappa shape index (κ2) is 6.72. The number of para-hydroxylation sites is 1. The summed E-state index contributed by atoms with van der Waals surface area (Å²) in [5.41, 5.74) is 0.945. The number of aromatic nitrogens is 2. The van der Waals surface area contributed by atoms with Crippen LogP contribution in [0.5, 0.6) is 5.75 Å². The SMILES string of the molecule is Cc1cnn(CCC(=O)N2CC3COc4ccccc4CC3(C(=O)O)C2)c1. The quantitative estimate of drug-likeness (QED) is 0.887. The molecule has 2 unspecified atom stereocenters. The topological polar surface area (TPSA) is 84.7 Å². The number of nitrogens with zero attached hydrogens (tertiary/aromatic N) is 3. The van der Waals surface area contributed by atoms with Crippen molar-refractivity contribution in [3.05, 3.63) is 47.8 Å². The number of hydrogen-bond acceptors (Lipinski definition) is 4. The molecule has 7 heteroatoms. The molecular weight excluding hydrogens is 346 g/mol. The third kappa shape index (κ3) is 3.18. The molecule has 0 spiro atoms. The van der Waals surface area contributed by atoms with Crippen molar-refractivity contribution in [2.75, 3.05) is 19.7 Å². The summed E-state index contributed by atoms with van der Waals surface area (Å²) >= 11 is 0. The van der Waals surface area contributed by atoms with Crippen LogP contribution in [0.25, 0.3) is 0 Å². The van der Waals surface area contributed by atoms with E-state index in [-0.39, 0.29) is 18.4 Å².